The summed E-state index contributed by atoms with van der Waals surface area (Å²) < 4.78 is 1.17. The predicted molar refractivity (Wildman–Crippen MR) is 77.8 cm³/mol. The Balaban J connectivity index is 1.78. The summed E-state index contributed by atoms with van der Waals surface area (Å²) in [6.45, 7) is 0. The van der Waals surface area contributed by atoms with Gasteiger partial charge in [0.2, 0.25) is 11.9 Å². The molecule has 4 N–H and O–H groups in total. The summed E-state index contributed by atoms with van der Waals surface area (Å²) in [6, 6.07) is 8.04. The first-order valence-corrected chi connectivity index (χ1v) is 7.25. The fourth-order valence-corrected chi connectivity index (χ4v) is 3.37. The minimum atomic E-state index is 0.138. The molecule has 0 radical (unpaired) electrons. The molecule has 0 spiro atoms. The summed E-state index contributed by atoms with van der Waals surface area (Å²) in [6.07, 6.45) is 0. The highest BCUT2D eigenvalue weighted by atomic mass is 32.2. The van der Waals surface area contributed by atoms with E-state index in [4.69, 9.17) is 11.5 Å². The standard InChI is InChI=1S/C11H10N6S2/c12-9-15-10(13)17-11(16-9)18-5-8-14-6-3-1-2-4-7(6)19-8/h1-4H,5H2,(H4,12,13,15,16,17). The van der Waals surface area contributed by atoms with Gasteiger partial charge < -0.3 is 11.5 Å². The van der Waals surface area contributed by atoms with Crippen LogP contribution in [0.15, 0.2) is 29.4 Å². The number of hydrogen-bond donors (Lipinski definition) is 2. The number of thiazole rings is 1. The van der Waals surface area contributed by atoms with Gasteiger partial charge in [0.05, 0.1) is 16.0 Å². The van der Waals surface area contributed by atoms with E-state index in [-0.39, 0.29) is 11.9 Å². The van der Waals surface area contributed by atoms with Crippen molar-refractivity contribution in [3.63, 3.8) is 0 Å². The van der Waals surface area contributed by atoms with Crippen LogP contribution in [0.3, 0.4) is 0 Å². The molecule has 0 fully saturated rings. The van der Waals surface area contributed by atoms with Crippen molar-refractivity contribution in [2.45, 2.75) is 10.9 Å². The Labute approximate surface area is 117 Å². The van der Waals surface area contributed by atoms with Gasteiger partial charge in [0.25, 0.3) is 0 Å². The quantitative estimate of drug-likeness (QED) is 0.710. The van der Waals surface area contributed by atoms with E-state index < -0.39 is 0 Å². The Kier molecular flexibility index (Phi) is 3.18. The third-order valence-electron chi connectivity index (χ3n) is 2.31. The van der Waals surface area contributed by atoms with Gasteiger partial charge in [-0.1, -0.05) is 23.9 Å². The molecule has 0 saturated heterocycles. The lowest BCUT2D eigenvalue weighted by molar-refractivity contribution is 0.929. The number of aromatic nitrogens is 4. The van der Waals surface area contributed by atoms with E-state index in [2.05, 4.69) is 26.0 Å². The highest BCUT2D eigenvalue weighted by Gasteiger charge is 2.07. The number of fused-ring (bicyclic) bond motifs is 1. The molecule has 0 bridgehead atoms. The van der Waals surface area contributed by atoms with E-state index in [0.29, 0.717) is 10.9 Å². The smallest absolute Gasteiger partial charge is 0.225 e. The van der Waals surface area contributed by atoms with Crippen LogP contribution in [0, 0.1) is 0 Å². The van der Waals surface area contributed by atoms with Gasteiger partial charge in [0.1, 0.15) is 5.01 Å². The molecule has 2 heterocycles. The number of benzene rings is 1. The lowest BCUT2D eigenvalue weighted by Gasteiger charge is -1.99. The number of nitrogens with zero attached hydrogens (tertiary/aromatic N) is 4. The van der Waals surface area contributed by atoms with E-state index >= 15 is 0 Å². The van der Waals surface area contributed by atoms with Crippen molar-refractivity contribution >= 4 is 45.2 Å². The molecule has 3 rings (SSSR count). The van der Waals surface area contributed by atoms with Crippen LogP contribution in [0.25, 0.3) is 10.2 Å². The summed E-state index contributed by atoms with van der Waals surface area (Å²) in [5.74, 6) is 0.959. The number of nitrogens with two attached hydrogens (primary N) is 2. The zero-order valence-corrected chi connectivity index (χ0v) is 11.4. The Morgan fingerprint density at radius 1 is 1.00 bits per heavy atom. The Morgan fingerprint density at radius 3 is 2.47 bits per heavy atom. The average Bonchev–Trinajstić information content (AvgIpc) is 2.78. The van der Waals surface area contributed by atoms with Crippen LogP contribution < -0.4 is 11.5 Å². The molecule has 6 nitrogen and oxygen atoms in total. The van der Waals surface area contributed by atoms with Crippen LogP contribution in [0.2, 0.25) is 0 Å². The Morgan fingerprint density at radius 2 is 1.74 bits per heavy atom. The number of thioether (sulfide) groups is 1. The van der Waals surface area contributed by atoms with Gasteiger partial charge in [0, 0.05) is 0 Å². The summed E-state index contributed by atoms with van der Waals surface area (Å²) >= 11 is 3.10. The molecular weight excluding hydrogens is 280 g/mol. The van der Waals surface area contributed by atoms with Crippen molar-refractivity contribution in [3.8, 4) is 0 Å². The number of para-hydroxylation sites is 1. The molecule has 0 saturated carbocycles. The van der Waals surface area contributed by atoms with Crippen LogP contribution in [-0.4, -0.2) is 19.9 Å². The second-order valence-electron chi connectivity index (χ2n) is 3.70. The van der Waals surface area contributed by atoms with Gasteiger partial charge in [-0.25, -0.2) is 4.98 Å². The molecule has 0 atom stereocenters. The van der Waals surface area contributed by atoms with Gasteiger partial charge in [-0.3, -0.25) is 0 Å². The molecule has 0 aliphatic carbocycles. The largest absolute Gasteiger partial charge is 0.368 e. The Hall–Kier alpha value is -1.93. The molecule has 19 heavy (non-hydrogen) atoms. The van der Waals surface area contributed by atoms with E-state index in [1.54, 1.807) is 11.3 Å². The maximum atomic E-state index is 5.52. The van der Waals surface area contributed by atoms with Crippen LogP contribution in [-0.2, 0) is 5.75 Å². The fraction of sp³-hybridized carbons (Fsp3) is 0.0909. The first-order chi connectivity index (χ1) is 9.20. The molecule has 0 aliphatic heterocycles. The zero-order valence-electron chi connectivity index (χ0n) is 9.78. The molecule has 0 aliphatic rings. The van der Waals surface area contributed by atoms with E-state index in [1.165, 1.54) is 16.5 Å². The fourth-order valence-electron chi connectivity index (χ4n) is 1.56. The lowest BCUT2D eigenvalue weighted by atomic mass is 10.3. The molecule has 0 unspecified atom stereocenters. The van der Waals surface area contributed by atoms with Crippen molar-refractivity contribution in [2.75, 3.05) is 11.5 Å². The summed E-state index contributed by atoms with van der Waals surface area (Å²) in [5.41, 5.74) is 12.1. The highest BCUT2D eigenvalue weighted by molar-refractivity contribution is 7.98. The minimum Gasteiger partial charge on any atom is -0.368 e. The first-order valence-electron chi connectivity index (χ1n) is 5.45. The van der Waals surface area contributed by atoms with Crippen molar-refractivity contribution in [2.24, 2.45) is 0 Å². The number of rotatable bonds is 3. The van der Waals surface area contributed by atoms with Crippen molar-refractivity contribution < 1.29 is 0 Å². The van der Waals surface area contributed by atoms with Crippen molar-refractivity contribution in [3.05, 3.63) is 29.3 Å². The van der Waals surface area contributed by atoms with Gasteiger partial charge in [-0.05, 0) is 12.1 Å². The maximum Gasteiger partial charge on any atom is 0.225 e. The molecular formula is C11H10N6S2. The minimum absolute atomic E-state index is 0.138. The average molecular weight is 290 g/mol. The molecule has 96 valence electrons. The van der Waals surface area contributed by atoms with E-state index in [1.807, 2.05) is 18.2 Å². The lowest BCUT2D eigenvalue weighted by Crippen LogP contribution is -2.03. The van der Waals surface area contributed by atoms with Crippen LogP contribution in [0.5, 0.6) is 0 Å². The van der Waals surface area contributed by atoms with E-state index in [9.17, 15) is 0 Å². The Bertz CT molecular complexity index is 673. The molecule has 1 aromatic carbocycles. The second kappa shape index (κ2) is 4.98. The van der Waals surface area contributed by atoms with Gasteiger partial charge in [-0.15, -0.1) is 11.3 Å². The van der Waals surface area contributed by atoms with Gasteiger partial charge >= 0.3 is 0 Å². The topological polar surface area (TPSA) is 104 Å². The predicted octanol–water partition coefficient (Wildman–Crippen LogP) is 1.94. The normalized spacial score (nSPS) is 10.9. The van der Waals surface area contributed by atoms with Crippen molar-refractivity contribution in [1.82, 2.24) is 19.9 Å². The summed E-state index contributed by atoms with van der Waals surface area (Å²) in [4.78, 5) is 16.3. The third-order valence-corrected chi connectivity index (χ3v) is 4.39. The monoisotopic (exact) mass is 290 g/mol. The SMILES string of the molecule is Nc1nc(N)nc(SCc2nc3ccccc3s2)n1. The van der Waals surface area contributed by atoms with Crippen LogP contribution in [0.4, 0.5) is 11.9 Å². The van der Waals surface area contributed by atoms with Crippen LogP contribution in [0.1, 0.15) is 5.01 Å². The molecule has 3 aromatic rings. The number of hydrogen-bond acceptors (Lipinski definition) is 8. The zero-order chi connectivity index (χ0) is 13.2. The molecule has 8 heteroatoms. The second-order valence-corrected chi connectivity index (χ2v) is 5.76. The summed E-state index contributed by atoms with van der Waals surface area (Å²) in [7, 11) is 0. The summed E-state index contributed by atoms with van der Waals surface area (Å²) in [5, 5.41) is 1.54. The van der Waals surface area contributed by atoms with Gasteiger partial charge in [0.15, 0.2) is 5.16 Å². The van der Waals surface area contributed by atoms with Gasteiger partial charge in [-0.2, -0.15) is 15.0 Å². The molecule has 2 aromatic heterocycles. The molecule has 0 amide bonds. The van der Waals surface area contributed by atoms with Crippen LogP contribution >= 0.6 is 23.1 Å². The first kappa shape index (κ1) is 12.1. The number of anilines is 2. The van der Waals surface area contributed by atoms with E-state index in [0.717, 1.165) is 10.5 Å². The number of nitrogen functional groups attached to an aromatic ring is 2. The highest BCUT2D eigenvalue weighted by Crippen LogP contribution is 2.27. The third kappa shape index (κ3) is 2.74. The maximum absolute atomic E-state index is 5.52. The van der Waals surface area contributed by atoms with Crippen molar-refractivity contribution in [1.29, 1.82) is 0 Å².